The van der Waals surface area contributed by atoms with E-state index in [9.17, 15) is 8.42 Å². The highest BCUT2D eigenvalue weighted by Crippen LogP contribution is 2.41. The second-order valence-corrected chi connectivity index (χ2v) is 9.51. The number of rotatable bonds is 6. The molecule has 0 atom stereocenters. The summed E-state index contributed by atoms with van der Waals surface area (Å²) in [4.78, 5) is 0.274. The van der Waals surface area contributed by atoms with Gasteiger partial charge in [0.25, 0.3) is 0 Å². The van der Waals surface area contributed by atoms with E-state index in [0.717, 1.165) is 16.7 Å². The van der Waals surface area contributed by atoms with Crippen molar-refractivity contribution in [3.05, 3.63) is 58.1 Å². The van der Waals surface area contributed by atoms with Crippen molar-refractivity contribution in [2.75, 3.05) is 26.9 Å². The van der Waals surface area contributed by atoms with Gasteiger partial charge in [0.05, 0.1) is 12.0 Å². The highest BCUT2D eigenvalue weighted by atomic mass is 35.5. The lowest BCUT2D eigenvalue weighted by Crippen LogP contribution is -2.44. The minimum Gasteiger partial charge on any atom is -0.496 e. The van der Waals surface area contributed by atoms with Gasteiger partial charge < -0.3 is 9.47 Å². The summed E-state index contributed by atoms with van der Waals surface area (Å²) in [6, 6.07) is 10.6. The van der Waals surface area contributed by atoms with Gasteiger partial charge in [0.1, 0.15) is 5.75 Å². The van der Waals surface area contributed by atoms with E-state index in [4.69, 9.17) is 21.1 Å². The van der Waals surface area contributed by atoms with Crippen molar-refractivity contribution in [1.29, 1.82) is 0 Å². The Morgan fingerprint density at radius 2 is 1.82 bits per heavy atom. The third-order valence-electron chi connectivity index (χ3n) is 5.57. The second-order valence-electron chi connectivity index (χ2n) is 7.31. The zero-order valence-corrected chi connectivity index (χ0v) is 18.0. The standard InChI is InChI=1S/C21H26ClNO4S/c1-15-4-6-18(12-16(15)2)28(24,25)23-14-21(8-10-27-11-9-21)19-13-17(22)5-7-20(19)26-3/h4-7,12-13,23H,8-11,14H2,1-3H3. The SMILES string of the molecule is COc1ccc(Cl)cc1C1(CNS(=O)(=O)c2ccc(C)c(C)c2)CCOCC1. The normalized spacial score (nSPS) is 16.7. The van der Waals surface area contributed by atoms with Crippen LogP contribution in [0.4, 0.5) is 0 Å². The number of hydrogen-bond donors (Lipinski definition) is 1. The van der Waals surface area contributed by atoms with Crippen LogP contribution in [0.5, 0.6) is 5.75 Å². The quantitative estimate of drug-likeness (QED) is 0.762. The highest BCUT2D eigenvalue weighted by Gasteiger charge is 2.38. The lowest BCUT2D eigenvalue weighted by molar-refractivity contribution is 0.0509. The fourth-order valence-corrected chi connectivity index (χ4v) is 4.98. The molecule has 0 unspecified atom stereocenters. The fourth-order valence-electron chi connectivity index (χ4n) is 3.60. The molecule has 1 aliphatic rings. The van der Waals surface area contributed by atoms with Crippen molar-refractivity contribution < 1.29 is 17.9 Å². The fraction of sp³-hybridized carbons (Fsp3) is 0.429. The molecule has 1 N–H and O–H groups in total. The summed E-state index contributed by atoms with van der Waals surface area (Å²) in [6.07, 6.45) is 1.36. The summed E-state index contributed by atoms with van der Waals surface area (Å²) in [7, 11) is -2.03. The zero-order chi connectivity index (χ0) is 20.4. The molecule has 2 aromatic carbocycles. The van der Waals surface area contributed by atoms with Crippen LogP contribution in [0.2, 0.25) is 5.02 Å². The Balaban J connectivity index is 1.93. The zero-order valence-electron chi connectivity index (χ0n) is 16.4. The Morgan fingerprint density at radius 3 is 2.46 bits per heavy atom. The molecule has 2 aromatic rings. The lowest BCUT2D eigenvalue weighted by atomic mass is 9.74. The second kappa shape index (κ2) is 8.41. The van der Waals surface area contributed by atoms with Crippen molar-refractivity contribution in [2.45, 2.75) is 37.0 Å². The molecular formula is C21H26ClNO4S. The van der Waals surface area contributed by atoms with Gasteiger partial charge in [-0.25, -0.2) is 13.1 Å². The van der Waals surface area contributed by atoms with Crippen LogP contribution >= 0.6 is 11.6 Å². The number of sulfonamides is 1. The minimum absolute atomic E-state index is 0.252. The van der Waals surface area contributed by atoms with E-state index < -0.39 is 15.4 Å². The van der Waals surface area contributed by atoms with Gasteiger partial charge in [0, 0.05) is 35.8 Å². The molecule has 0 amide bonds. The first kappa shape index (κ1) is 21.1. The average molecular weight is 424 g/mol. The van der Waals surface area contributed by atoms with Crippen LogP contribution in [0.15, 0.2) is 41.3 Å². The van der Waals surface area contributed by atoms with E-state index in [1.807, 2.05) is 32.0 Å². The largest absolute Gasteiger partial charge is 0.496 e. The summed E-state index contributed by atoms with van der Waals surface area (Å²) in [5.41, 5.74) is 2.47. The predicted octanol–water partition coefficient (Wildman–Crippen LogP) is 3.99. The van der Waals surface area contributed by atoms with Crippen molar-refractivity contribution in [2.24, 2.45) is 0 Å². The molecule has 0 bridgehead atoms. The van der Waals surface area contributed by atoms with Crippen LogP contribution in [0, 0.1) is 13.8 Å². The molecular weight excluding hydrogens is 398 g/mol. The van der Waals surface area contributed by atoms with Crippen molar-refractivity contribution in [3.63, 3.8) is 0 Å². The van der Waals surface area contributed by atoms with E-state index >= 15 is 0 Å². The Kier molecular flexibility index (Phi) is 6.34. The van der Waals surface area contributed by atoms with Crippen LogP contribution < -0.4 is 9.46 Å². The summed E-state index contributed by atoms with van der Waals surface area (Å²) < 4.78 is 39.8. The topological polar surface area (TPSA) is 64.6 Å². The summed E-state index contributed by atoms with van der Waals surface area (Å²) in [5, 5.41) is 0.596. The van der Waals surface area contributed by atoms with E-state index in [0.29, 0.717) is 36.8 Å². The number of benzene rings is 2. The highest BCUT2D eigenvalue weighted by molar-refractivity contribution is 7.89. The molecule has 1 fully saturated rings. The summed E-state index contributed by atoms with van der Waals surface area (Å²) in [6.45, 7) is 5.23. The van der Waals surface area contributed by atoms with Crippen molar-refractivity contribution in [3.8, 4) is 5.75 Å². The maximum Gasteiger partial charge on any atom is 0.240 e. The van der Waals surface area contributed by atoms with E-state index in [2.05, 4.69) is 4.72 Å². The Hall–Kier alpha value is -1.60. The third kappa shape index (κ3) is 4.35. The lowest BCUT2D eigenvalue weighted by Gasteiger charge is -2.38. The molecule has 1 aliphatic heterocycles. The molecule has 0 spiro atoms. The van der Waals surface area contributed by atoms with E-state index in [1.165, 1.54) is 0 Å². The molecule has 0 aliphatic carbocycles. The maximum absolute atomic E-state index is 12.9. The first-order valence-electron chi connectivity index (χ1n) is 9.26. The molecule has 5 nitrogen and oxygen atoms in total. The molecule has 152 valence electrons. The van der Waals surface area contributed by atoms with Gasteiger partial charge in [-0.15, -0.1) is 0 Å². The third-order valence-corrected chi connectivity index (χ3v) is 7.21. The smallest absolute Gasteiger partial charge is 0.240 e. The number of hydrogen-bond acceptors (Lipinski definition) is 4. The van der Waals surface area contributed by atoms with Gasteiger partial charge in [0.15, 0.2) is 0 Å². The number of aryl methyl sites for hydroxylation is 2. The van der Waals surface area contributed by atoms with E-state index in [-0.39, 0.29) is 11.4 Å². The van der Waals surface area contributed by atoms with Gasteiger partial charge in [-0.1, -0.05) is 17.7 Å². The average Bonchev–Trinajstić information content (AvgIpc) is 2.69. The Bertz CT molecular complexity index is 953. The van der Waals surface area contributed by atoms with Crippen LogP contribution in [-0.4, -0.2) is 35.3 Å². The molecule has 1 heterocycles. The first-order valence-corrected chi connectivity index (χ1v) is 11.1. The summed E-state index contributed by atoms with van der Waals surface area (Å²) in [5.74, 6) is 0.705. The molecule has 0 saturated carbocycles. The van der Waals surface area contributed by atoms with Gasteiger partial charge in [-0.2, -0.15) is 0 Å². The molecule has 3 rings (SSSR count). The van der Waals surface area contributed by atoms with Gasteiger partial charge in [-0.05, 0) is 68.1 Å². The van der Waals surface area contributed by atoms with Gasteiger partial charge in [0.2, 0.25) is 10.0 Å². The van der Waals surface area contributed by atoms with Gasteiger partial charge in [-0.3, -0.25) is 0 Å². The number of halogens is 1. The maximum atomic E-state index is 12.9. The Morgan fingerprint density at radius 1 is 1.11 bits per heavy atom. The van der Waals surface area contributed by atoms with Gasteiger partial charge >= 0.3 is 0 Å². The predicted molar refractivity (Wildman–Crippen MR) is 111 cm³/mol. The van der Waals surface area contributed by atoms with E-state index in [1.54, 1.807) is 25.3 Å². The van der Waals surface area contributed by atoms with Crippen LogP contribution in [0.1, 0.15) is 29.5 Å². The number of ether oxygens (including phenoxy) is 2. The number of methoxy groups -OCH3 is 1. The molecule has 28 heavy (non-hydrogen) atoms. The molecule has 0 aromatic heterocycles. The number of nitrogens with one attached hydrogen (secondary N) is 1. The first-order chi connectivity index (χ1) is 13.3. The van der Waals surface area contributed by atoms with Crippen molar-refractivity contribution in [1.82, 2.24) is 4.72 Å². The minimum atomic E-state index is -3.64. The molecule has 0 radical (unpaired) electrons. The monoisotopic (exact) mass is 423 g/mol. The van der Waals surface area contributed by atoms with Crippen LogP contribution in [-0.2, 0) is 20.2 Å². The molecule has 7 heteroatoms. The summed E-state index contributed by atoms with van der Waals surface area (Å²) >= 11 is 6.25. The van der Waals surface area contributed by atoms with Crippen LogP contribution in [0.3, 0.4) is 0 Å². The Labute approximate surface area is 172 Å². The van der Waals surface area contributed by atoms with Crippen LogP contribution in [0.25, 0.3) is 0 Å². The van der Waals surface area contributed by atoms with Crippen molar-refractivity contribution >= 4 is 21.6 Å². The molecule has 1 saturated heterocycles.